The molecule has 0 spiro atoms. The van der Waals surface area contributed by atoms with Crippen LogP contribution in [0.3, 0.4) is 0 Å². The van der Waals surface area contributed by atoms with Gasteiger partial charge in [0.25, 0.3) is 0 Å². The largest absolute Gasteiger partial charge is 0.464 e. The number of aromatic nitrogens is 1. The van der Waals surface area contributed by atoms with E-state index >= 15 is 0 Å². The molecule has 0 amide bonds. The fraction of sp³-hybridized carbons (Fsp3) is 0.250. The van der Waals surface area contributed by atoms with Crippen LogP contribution < -0.4 is 0 Å². The number of hydrogen-bond acceptors (Lipinski definition) is 2. The smallest absolute Gasteiger partial charge is 0.354 e. The van der Waals surface area contributed by atoms with Crippen molar-refractivity contribution in [1.82, 2.24) is 4.57 Å². The Morgan fingerprint density at radius 2 is 2.13 bits per heavy atom. The summed E-state index contributed by atoms with van der Waals surface area (Å²) in [6, 6.07) is 9.79. The molecule has 15 heavy (non-hydrogen) atoms. The van der Waals surface area contributed by atoms with Crippen LogP contribution in [0.2, 0.25) is 0 Å². The number of methoxy groups -OCH3 is 1. The molecule has 0 aliphatic rings. The van der Waals surface area contributed by atoms with Crippen molar-refractivity contribution in [3.05, 3.63) is 36.0 Å². The van der Waals surface area contributed by atoms with E-state index in [1.54, 1.807) is 0 Å². The molecule has 78 valence electrons. The highest BCUT2D eigenvalue weighted by atomic mass is 16.5. The molecule has 0 unspecified atom stereocenters. The maximum absolute atomic E-state index is 11.5. The van der Waals surface area contributed by atoms with Gasteiger partial charge in [-0.3, -0.25) is 0 Å². The van der Waals surface area contributed by atoms with Gasteiger partial charge in [0.2, 0.25) is 0 Å². The quantitative estimate of drug-likeness (QED) is 0.702. The van der Waals surface area contributed by atoms with Gasteiger partial charge in [-0.05, 0) is 19.1 Å². The molecule has 2 aromatic rings. The lowest BCUT2D eigenvalue weighted by atomic mass is 10.2. The van der Waals surface area contributed by atoms with Crippen molar-refractivity contribution in [2.24, 2.45) is 0 Å². The summed E-state index contributed by atoms with van der Waals surface area (Å²) < 4.78 is 6.71. The summed E-state index contributed by atoms with van der Waals surface area (Å²) in [5, 5.41) is 1.07. The average molecular weight is 203 g/mol. The van der Waals surface area contributed by atoms with E-state index in [-0.39, 0.29) is 5.97 Å². The predicted octanol–water partition coefficient (Wildman–Crippen LogP) is 2.45. The Kier molecular flexibility index (Phi) is 2.46. The molecule has 0 N–H and O–H groups in total. The molecular formula is C12H13NO2. The van der Waals surface area contributed by atoms with Crippen LogP contribution in [0.25, 0.3) is 10.9 Å². The minimum Gasteiger partial charge on any atom is -0.464 e. The van der Waals surface area contributed by atoms with Crippen molar-refractivity contribution in [3.63, 3.8) is 0 Å². The number of esters is 1. The zero-order valence-electron chi connectivity index (χ0n) is 8.86. The van der Waals surface area contributed by atoms with Crippen LogP contribution in [0.5, 0.6) is 0 Å². The molecule has 0 aliphatic carbocycles. The first kappa shape index (κ1) is 9.77. The van der Waals surface area contributed by atoms with E-state index in [9.17, 15) is 4.79 Å². The SMILES string of the molecule is CCn1c(C(=O)OC)cc2ccccc21. The normalized spacial score (nSPS) is 10.5. The third kappa shape index (κ3) is 1.50. The molecule has 0 bridgehead atoms. The molecule has 0 saturated heterocycles. The number of hydrogen-bond donors (Lipinski definition) is 0. The highest BCUT2D eigenvalue weighted by Gasteiger charge is 2.13. The van der Waals surface area contributed by atoms with Crippen molar-refractivity contribution in [2.45, 2.75) is 13.5 Å². The number of nitrogens with zero attached hydrogens (tertiary/aromatic N) is 1. The molecule has 3 heteroatoms. The molecule has 0 saturated carbocycles. The highest BCUT2D eigenvalue weighted by Crippen LogP contribution is 2.20. The van der Waals surface area contributed by atoms with Crippen LogP contribution in [0, 0.1) is 0 Å². The second kappa shape index (κ2) is 3.77. The third-order valence-corrected chi connectivity index (χ3v) is 2.52. The maximum atomic E-state index is 11.5. The minimum atomic E-state index is -0.284. The van der Waals surface area contributed by atoms with E-state index in [1.807, 2.05) is 41.8 Å². The Bertz CT molecular complexity index is 499. The molecule has 3 nitrogen and oxygen atoms in total. The standard InChI is InChI=1S/C12H13NO2/c1-3-13-10-7-5-4-6-9(10)8-11(13)12(14)15-2/h4-8H,3H2,1-2H3. The fourth-order valence-electron chi connectivity index (χ4n) is 1.82. The molecule has 0 radical (unpaired) electrons. The summed E-state index contributed by atoms with van der Waals surface area (Å²) in [6.45, 7) is 2.77. The Balaban J connectivity index is 2.69. The number of ether oxygens (including phenoxy) is 1. The second-order valence-corrected chi connectivity index (χ2v) is 3.32. The van der Waals surface area contributed by atoms with Gasteiger partial charge in [-0.1, -0.05) is 18.2 Å². The van der Waals surface area contributed by atoms with Crippen LogP contribution >= 0.6 is 0 Å². The van der Waals surface area contributed by atoms with Gasteiger partial charge < -0.3 is 9.30 Å². The first-order chi connectivity index (χ1) is 7.27. The van der Waals surface area contributed by atoms with Gasteiger partial charge in [0.15, 0.2) is 0 Å². The molecule has 1 aromatic carbocycles. The topological polar surface area (TPSA) is 31.2 Å². The molecule has 0 atom stereocenters. The van der Waals surface area contributed by atoms with Gasteiger partial charge in [-0.25, -0.2) is 4.79 Å². The number of para-hydroxylation sites is 1. The van der Waals surface area contributed by atoms with Gasteiger partial charge in [0, 0.05) is 17.4 Å². The lowest BCUT2D eigenvalue weighted by Crippen LogP contribution is -2.09. The van der Waals surface area contributed by atoms with Crippen LogP contribution in [0.1, 0.15) is 17.4 Å². The fourth-order valence-corrected chi connectivity index (χ4v) is 1.82. The van der Waals surface area contributed by atoms with E-state index in [0.29, 0.717) is 5.69 Å². The van der Waals surface area contributed by atoms with Gasteiger partial charge in [0.05, 0.1) is 7.11 Å². The monoisotopic (exact) mass is 203 g/mol. The Morgan fingerprint density at radius 1 is 1.40 bits per heavy atom. The maximum Gasteiger partial charge on any atom is 0.354 e. The molecule has 0 aliphatic heterocycles. The molecule has 1 aromatic heterocycles. The minimum absolute atomic E-state index is 0.284. The molecule has 0 fully saturated rings. The number of fused-ring (bicyclic) bond motifs is 1. The van der Waals surface area contributed by atoms with Crippen molar-refractivity contribution in [3.8, 4) is 0 Å². The summed E-state index contributed by atoms with van der Waals surface area (Å²) in [6.07, 6.45) is 0. The Labute approximate surface area is 88.3 Å². The number of aryl methyl sites for hydroxylation is 1. The lowest BCUT2D eigenvalue weighted by molar-refractivity contribution is 0.0589. The van der Waals surface area contributed by atoms with E-state index in [4.69, 9.17) is 4.74 Å². The lowest BCUT2D eigenvalue weighted by Gasteiger charge is -2.05. The highest BCUT2D eigenvalue weighted by molar-refractivity contribution is 5.95. The van der Waals surface area contributed by atoms with E-state index in [2.05, 4.69) is 0 Å². The Morgan fingerprint density at radius 3 is 2.80 bits per heavy atom. The van der Waals surface area contributed by atoms with Gasteiger partial charge in [0.1, 0.15) is 5.69 Å². The van der Waals surface area contributed by atoms with Crippen molar-refractivity contribution in [1.29, 1.82) is 0 Å². The summed E-state index contributed by atoms with van der Waals surface area (Å²) in [5.41, 5.74) is 1.68. The molecular weight excluding hydrogens is 190 g/mol. The van der Waals surface area contributed by atoms with Gasteiger partial charge in [-0.2, -0.15) is 0 Å². The number of carbonyl (C=O) groups is 1. The van der Waals surface area contributed by atoms with Crippen molar-refractivity contribution < 1.29 is 9.53 Å². The zero-order valence-corrected chi connectivity index (χ0v) is 8.86. The van der Waals surface area contributed by atoms with Gasteiger partial charge in [-0.15, -0.1) is 0 Å². The van der Waals surface area contributed by atoms with Crippen LogP contribution in [-0.4, -0.2) is 17.6 Å². The van der Waals surface area contributed by atoms with Crippen LogP contribution in [0.15, 0.2) is 30.3 Å². The zero-order chi connectivity index (χ0) is 10.8. The summed E-state index contributed by atoms with van der Waals surface area (Å²) in [5.74, 6) is -0.284. The van der Waals surface area contributed by atoms with Crippen LogP contribution in [-0.2, 0) is 11.3 Å². The number of carbonyl (C=O) groups excluding carboxylic acids is 1. The number of rotatable bonds is 2. The van der Waals surface area contributed by atoms with E-state index in [1.165, 1.54) is 7.11 Å². The average Bonchev–Trinajstić information content (AvgIpc) is 2.66. The summed E-state index contributed by atoms with van der Waals surface area (Å²) in [7, 11) is 1.40. The first-order valence-electron chi connectivity index (χ1n) is 4.94. The third-order valence-electron chi connectivity index (χ3n) is 2.52. The molecule has 1 heterocycles. The van der Waals surface area contributed by atoms with Crippen LogP contribution in [0.4, 0.5) is 0 Å². The summed E-state index contributed by atoms with van der Waals surface area (Å²) >= 11 is 0. The first-order valence-corrected chi connectivity index (χ1v) is 4.94. The predicted molar refractivity (Wildman–Crippen MR) is 59.0 cm³/mol. The van der Waals surface area contributed by atoms with E-state index in [0.717, 1.165) is 17.4 Å². The number of benzene rings is 1. The Hall–Kier alpha value is -1.77. The second-order valence-electron chi connectivity index (χ2n) is 3.32. The summed E-state index contributed by atoms with van der Waals surface area (Å²) in [4.78, 5) is 11.5. The van der Waals surface area contributed by atoms with Crippen molar-refractivity contribution in [2.75, 3.05) is 7.11 Å². The molecule has 2 rings (SSSR count). The van der Waals surface area contributed by atoms with Crippen molar-refractivity contribution >= 4 is 16.9 Å². The van der Waals surface area contributed by atoms with E-state index < -0.39 is 0 Å². The van der Waals surface area contributed by atoms with Gasteiger partial charge >= 0.3 is 5.97 Å².